The first-order chi connectivity index (χ1) is 6.43. The van der Waals surface area contributed by atoms with Crippen LogP contribution in [0.5, 0.6) is 0 Å². The van der Waals surface area contributed by atoms with Crippen molar-refractivity contribution in [2.75, 3.05) is 33.7 Å². The molecule has 2 heteroatoms. The summed E-state index contributed by atoms with van der Waals surface area (Å²) >= 11 is 0. The van der Waals surface area contributed by atoms with E-state index in [0.717, 1.165) is 5.92 Å². The summed E-state index contributed by atoms with van der Waals surface area (Å²) < 4.78 is 0. The second-order valence-corrected chi connectivity index (χ2v) is 5.08. The molecule has 0 aromatic rings. The molecule has 0 aromatic heterocycles. The van der Waals surface area contributed by atoms with Crippen LogP contribution in [0, 0.1) is 5.92 Å². The molecule has 0 heterocycles. The summed E-state index contributed by atoms with van der Waals surface area (Å²) in [5, 5.41) is 0. The largest absolute Gasteiger partial charge is 0.306 e. The molecule has 0 rings (SSSR count). The number of hydrogen-bond acceptors (Lipinski definition) is 2. The molecule has 0 bridgehead atoms. The van der Waals surface area contributed by atoms with E-state index in [-0.39, 0.29) is 0 Å². The fourth-order valence-corrected chi connectivity index (χ4v) is 1.56. The summed E-state index contributed by atoms with van der Waals surface area (Å²) in [5.41, 5.74) is 0. The Morgan fingerprint density at radius 3 is 1.93 bits per heavy atom. The van der Waals surface area contributed by atoms with E-state index in [1.165, 1.54) is 26.1 Å². The molecule has 0 atom stereocenters. The molecule has 0 saturated heterocycles. The van der Waals surface area contributed by atoms with Crippen molar-refractivity contribution in [3.05, 3.63) is 0 Å². The van der Waals surface area contributed by atoms with E-state index in [9.17, 15) is 0 Å². The van der Waals surface area contributed by atoms with Crippen LogP contribution < -0.4 is 0 Å². The molecule has 0 amide bonds. The third-order valence-corrected chi connectivity index (χ3v) is 2.61. The Balaban J connectivity index is 3.44. The molecule has 2 nitrogen and oxygen atoms in total. The highest BCUT2D eigenvalue weighted by Crippen LogP contribution is 1.99. The quantitative estimate of drug-likeness (QED) is 0.622. The minimum Gasteiger partial charge on any atom is -0.306 e. The van der Waals surface area contributed by atoms with E-state index in [1.54, 1.807) is 0 Å². The molecule has 0 spiro atoms. The van der Waals surface area contributed by atoms with Crippen LogP contribution in [-0.2, 0) is 0 Å². The Bertz CT molecular complexity index is 132. The van der Waals surface area contributed by atoms with E-state index in [1.807, 2.05) is 0 Å². The monoisotopic (exact) mass is 200 g/mol. The van der Waals surface area contributed by atoms with Gasteiger partial charge in [-0.15, -0.1) is 0 Å². The van der Waals surface area contributed by atoms with Gasteiger partial charge in [0.15, 0.2) is 0 Å². The lowest BCUT2D eigenvalue weighted by Crippen LogP contribution is -2.31. The normalized spacial score (nSPS) is 12.4. The van der Waals surface area contributed by atoms with Gasteiger partial charge < -0.3 is 9.80 Å². The van der Waals surface area contributed by atoms with Gasteiger partial charge in [-0.1, -0.05) is 13.8 Å². The lowest BCUT2D eigenvalue weighted by atomic mass is 10.2. The highest BCUT2D eigenvalue weighted by molar-refractivity contribution is 4.60. The van der Waals surface area contributed by atoms with Crippen LogP contribution in [0.2, 0.25) is 0 Å². The molecule has 0 aliphatic rings. The highest BCUT2D eigenvalue weighted by Gasteiger charge is 2.04. The van der Waals surface area contributed by atoms with E-state index in [4.69, 9.17) is 0 Å². The summed E-state index contributed by atoms with van der Waals surface area (Å²) in [4.78, 5) is 4.84. The second-order valence-electron chi connectivity index (χ2n) is 5.08. The number of hydrogen-bond donors (Lipinski definition) is 0. The summed E-state index contributed by atoms with van der Waals surface area (Å²) in [6.07, 6.45) is 1.28. The third-order valence-electron chi connectivity index (χ3n) is 2.61. The average Bonchev–Trinajstić information content (AvgIpc) is 2.02. The predicted octanol–water partition coefficient (Wildman–Crippen LogP) is 2.30. The molecule has 0 aromatic carbocycles. The Labute approximate surface area is 90.3 Å². The van der Waals surface area contributed by atoms with Gasteiger partial charge in [-0.05, 0) is 53.4 Å². The van der Waals surface area contributed by atoms with Crippen LogP contribution in [0.4, 0.5) is 0 Å². The number of nitrogens with zero attached hydrogens (tertiary/aromatic N) is 2. The van der Waals surface area contributed by atoms with E-state index >= 15 is 0 Å². The van der Waals surface area contributed by atoms with Crippen molar-refractivity contribution in [3.63, 3.8) is 0 Å². The molecule has 0 fully saturated rings. The fourth-order valence-electron chi connectivity index (χ4n) is 1.56. The van der Waals surface area contributed by atoms with Crippen LogP contribution in [-0.4, -0.2) is 49.6 Å². The van der Waals surface area contributed by atoms with E-state index in [2.05, 4.69) is 51.6 Å². The topological polar surface area (TPSA) is 6.48 Å². The molecular formula is C12H28N2. The van der Waals surface area contributed by atoms with Crippen molar-refractivity contribution in [1.82, 2.24) is 9.80 Å². The second kappa shape index (κ2) is 7.24. The van der Waals surface area contributed by atoms with Gasteiger partial charge in [0, 0.05) is 12.6 Å². The van der Waals surface area contributed by atoms with Crippen LogP contribution >= 0.6 is 0 Å². The standard InChI is InChI=1S/C12H28N2/c1-11(2)10-13(5)8-7-9-14(6)12(3)4/h11-12H,7-10H2,1-6H3. The summed E-state index contributed by atoms with van der Waals surface area (Å²) in [7, 11) is 4.42. The molecule has 14 heavy (non-hydrogen) atoms. The minimum atomic E-state index is 0.672. The van der Waals surface area contributed by atoms with Crippen LogP contribution in [0.1, 0.15) is 34.1 Å². The van der Waals surface area contributed by atoms with Gasteiger partial charge >= 0.3 is 0 Å². The van der Waals surface area contributed by atoms with E-state index in [0.29, 0.717) is 6.04 Å². The van der Waals surface area contributed by atoms with Gasteiger partial charge in [0.2, 0.25) is 0 Å². The maximum atomic E-state index is 2.43. The summed E-state index contributed by atoms with van der Waals surface area (Å²) in [6.45, 7) is 12.7. The third kappa shape index (κ3) is 7.34. The van der Waals surface area contributed by atoms with Crippen molar-refractivity contribution in [3.8, 4) is 0 Å². The molecule has 0 aliphatic carbocycles. The van der Waals surface area contributed by atoms with Crippen LogP contribution in [0.25, 0.3) is 0 Å². The summed E-state index contributed by atoms with van der Waals surface area (Å²) in [6, 6.07) is 0.672. The van der Waals surface area contributed by atoms with Gasteiger partial charge in [0.05, 0.1) is 0 Å². The van der Waals surface area contributed by atoms with Crippen LogP contribution in [0.15, 0.2) is 0 Å². The Morgan fingerprint density at radius 2 is 1.50 bits per heavy atom. The first-order valence-corrected chi connectivity index (χ1v) is 5.82. The lowest BCUT2D eigenvalue weighted by Gasteiger charge is -2.23. The SMILES string of the molecule is CC(C)CN(C)CCCN(C)C(C)C. The lowest BCUT2D eigenvalue weighted by molar-refractivity contribution is 0.235. The first kappa shape index (κ1) is 13.9. The highest BCUT2D eigenvalue weighted by atomic mass is 15.1. The van der Waals surface area contributed by atoms with Crippen molar-refractivity contribution < 1.29 is 0 Å². The van der Waals surface area contributed by atoms with Crippen LogP contribution in [0.3, 0.4) is 0 Å². The smallest absolute Gasteiger partial charge is 0.00355 e. The van der Waals surface area contributed by atoms with Crippen molar-refractivity contribution in [2.24, 2.45) is 5.92 Å². The van der Waals surface area contributed by atoms with Gasteiger partial charge in [-0.2, -0.15) is 0 Å². The average molecular weight is 200 g/mol. The van der Waals surface area contributed by atoms with E-state index < -0.39 is 0 Å². The Morgan fingerprint density at radius 1 is 0.929 bits per heavy atom. The predicted molar refractivity (Wildman–Crippen MR) is 64.7 cm³/mol. The van der Waals surface area contributed by atoms with Crippen molar-refractivity contribution >= 4 is 0 Å². The number of rotatable bonds is 7. The molecule has 0 radical (unpaired) electrons. The molecule has 0 saturated carbocycles. The Hall–Kier alpha value is -0.0800. The molecule has 0 aliphatic heterocycles. The minimum absolute atomic E-state index is 0.672. The molecular weight excluding hydrogens is 172 g/mol. The van der Waals surface area contributed by atoms with Crippen molar-refractivity contribution in [2.45, 2.75) is 40.2 Å². The zero-order valence-electron chi connectivity index (χ0n) is 10.9. The fraction of sp³-hybridized carbons (Fsp3) is 1.00. The van der Waals surface area contributed by atoms with Gasteiger partial charge in [-0.3, -0.25) is 0 Å². The maximum absolute atomic E-state index is 2.43. The summed E-state index contributed by atoms with van der Waals surface area (Å²) in [5.74, 6) is 0.780. The molecule has 86 valence electrons. The zero-order valence-corrected chi connectivity index (χ0v) is 10.9. The maximum Gasteiger partial charge on any atom is 0.00355 e. The molecule has 0 unspecified atom stereocenters. The zero-order chi connectivity index (χ0) is 11.1. The van der Waals surface area contributed by atoms with Gasteiger partial charge in [0.1, 0.15) is 0 Å². The van der Waals surface area contributed by atoms with Gasteiger partial charge in [0.25, 0.3) is 0 Å². The first-order valence-electron chi connectivity index (χ1n) is 5.82. The van der Waals surface area contributed by atoms with Gasteiger partial charge in [-0.25, -0.2) is 0 Å². The Kier molecular flexibility index (Phi) is 7.20. The van der Waals surface area contributed by atoms with Crippen molar-refractivity contribution in [1.29, 1.82) is 0 Å². The molecule has 0 N–H and O–H groups in total.